The first-order valence-electron chi connectivity index (χ1n) is 6.72. The minimum Gasteiger partial charge on any atom is -0.356 e. The summed E-state index contributed by atoms with van der Waals surface area (Å²) >= 11 is 0. The van der Waals surface area contributed by atoms with Gasteiger partial charge in [-0.3, -0.25) is 0 Å². The van der Waals surface area contributed by atoms with E-state index in [1.165, 1.54) is 6.42 Å². The number of unbranched alkanes of at least 4 members (excludes halogenated alkanes) is 1. The van der Waals surface area contributed by atoms with Crippen LogP contribution < -0.4 is 0 Å². The van der Waals surface area contributed by atoms with Crippen LogP contribution in [0.15, 0.2) is 47.5 Å². The number of hydrogen-bond donors (Lipinski definition) is 0. The van der Waals surface area contributed by atoms with Crippen LogP contribution in [-0.2, 0) is 0 Å². The highest BCUT2D eigenvalue weighted by Crippen LogP contribution is 2.29. The van der Waals surface area contributed by atoms with Crippen molar-refractivity contribution in [3.05, 3.63) is 48.7 Å². The fourth-order valence-electron chi connectivity index (χ4n) is 2.42. The van der Waals surface area contributed by atoms with Gasteiger partial charge in [-0.05, 0) is 18.6 Å². The van der Waals surface area contributed by atoms with Crippen LogP contribution in [0.5, 0.6) is 0 Å². The first-order valence-corrected chi connectivity index (χ1v) is 6.72. The van der Waals surface area contributed by atoms with Gasteiger partial charge < -0.3 is 9.09 Å². The van der Waals surface area contributed by atoms with E-state index in [2.05, 4.69) is 27.7 Å². The van der Waals surface area contributed by atoms with E-state index in [1.54, 1.807) is 6.20 Å². The van der Waals surface area contributed by atoms with E-state index in [-0.39, 0.29) is 6.04 Å². The lowest BCUT2D eigenvalue weighted by atomic mass is 10.0. The first kappa shape index (κ1) is 12.0. The molecule has 2 heterocycles. The Bertz CT molecular complexity index is 642. The van der Waals surface area contributed by atoms with E-state index < -0.39 is 0 Å². The van der Waals surface area contributed by atoms with Gasteiger partial charge in [0.1, 0.15) is 5.69 Å². The molecule has 3 rings (SSSR count). The quantitative estimate of drug-likeness (QED) is 0.696. The molecule has 4 nitrogen and oxygen atoms in total. The largest absolute Gasteiger partial charge is 0.356 e. The molecule has 0 aliphatic rings. The summed E-state index contributed by atoms with van der Waals surface area (Å²) in [6, 6.07) is 8.21. The van der Waals surface area contributed by atoms with Crippen molar-refractivity contribution in [2.45, 2.75) is 32.2 Å². The summed E-state index contributed by atoms with van der Waals surface area (Å²) in [5.41, 5.74) is 1.85. The maximum Gasteiger partial charge on any atom is 0.167 e. The number of fused-ring (bicyclic) bond motifs is 1. The molecule has 0 saturated heterocycles. The van der Waals surface area contributed by atoms with Gasteiger partial charge in [0.05, 0.1) is 12.4 Å². The normalized spacial score (nSPS) is 12.9. The first-order chi connectivity index (χ1) is 9.40. The Hall–Kier alpha value is -2.10. The molecule has 98 valence electrons. The number of aromatic nitrogens is 3. The van der Waals surface area contributed by atoms with Gasteiger partial charge in [0.15, 0.2) is 5.58 Å². The van der Waals surface area contributed by atoms with Crippen molar-refractivity contribution in [1.29, 1.82) is 0 Å². The van der Waals surface area contributed by atoms with E-state index >= 15 is 0 Å². The molecule has 19 heavy (non-hydrogen) atoms. The smallest absolute Gasteiger partial charge is 0.167 e. The molecule has 2 aromatic heterocycles. The molecule has 4 heteroatoms. The molecule has 0 aliphatic carbocycles. The van der Waals surface area contributed by atoms with E-state index in [4.69, 9.17) is 4.52 Å². The Morgan fingerprint density at radius 1 is 1.32 bits per heavy atom. The Morgan fingerprint density at radius 3 is 3.00 bits per heavy atom. The van der Waals surface area contributed by atoms with E-state index in [1.807, 2.05) is 30.7 Å². The molecule has 0 fully saturated rings. The van der Waals surface area contributed by atoms with Crippen molar-refractivity contribution in [1.82, 2.24) is 14.7 Å². The average molecular weight is 255 g/mol. The molecular weight excluding hydrogens is 238 g/mol. The maximum atomic E-state index is 5.42. The van der Waals surface area contributed by atoms with Crippen molar-refractivity contribution in [2.24, 2.45) is 0 Å². The van der Waals surface area contributed by atoms with E-state index in [0.717, 1.165) is 29.5 Å². The fourth-order valence-corrected chi connectivity index (χ4v) is 2.42. The average Bonchev–Trinajstić information content (AvgIpc) is 3.09. The Kier molecular flexibility index (Phi) is 3.31. The summed E-state index contributed by atoms with van der Waals surface area (Å²) in [5, 5.41) is 5.38. The van der Waals surface area contributed by atoms with Crippen LogP contribution in [0.3, 0.4) is 0 Å². The second kappa shape index (κ2) is 5.26. The molecule has 3 aromatic rings. The molecule has 0 saturated carbocycles. The van der Waals surface area contributed by atoms with Crippen LogP contribution >= 0.6 is 0 Å². The van der Waals surface area contributed by atoms with Crippen LogP contribution in [0.4, 0.5) is 0 Å². The Labute approximate surface area is 112 Å². The van der Waals surface area contributed by atoms with Gasteiger partial charge in [-0.15, -0.1) is 0 Å². The van der Waals surface area contributed by atoms with Crippen molar-refractivity contribution >= 4 is 11.0 Å². The summed E-state index contributed by atoms with van der Waals surface area (Å²) < 4.78 is 7.54. The standard InChI is InChI=1S/C15H17N3O/c1-2-3-7-13(18-10-9-16-11-18)15-12-6-4-5-8-14(12)19-17-15/h4-6,8-11,13H,2-3,7H2,1H3. The maximum absolute atomic E-state index is 5.42. The Morgan fingerprint density at radius 2 is 2.21 bits per heavy atom. The molecule has 0 radical (unpaired) electrons. The third-order valence-electron chi connectivity index (χ3n) is 3.44. The van der Waals surface area contributed by atoms with Gasteiger partial charge >= 0.3 is 0 Å². The van der Waals surface area contributed by atoms with Crippen LogP contribution in [0.25, 0.3) is 11.0 Å². The number of hydrogen-bond acceptors (Lipinski definition) is 3. The minimum atomic E-state index is 0.200. The van der Waals surface area contributed by atoms with Crippen LogP contribution in [0, 0.1) is 0 Å². The van der Waals surface area contributed by atoms with Gasteiger partial charge in [-0.2, -0.15) is 0 Å². The van der Waals surface area contributed by atoms with Crippen LogP contribution in [0.2, 0.25) is 0 Å². The lowest BCUT2D eigenvalue weighted by Crippen LogP contribution is -2.09. The van der Waals surface area contributed by atoms with Gasteiger partial charge in [0, 0.05) is 17.8 Å². The van der Waals surface area contributed by atoms with Crippen molar-refractivity contribution < 1.29 is 4.52 Å². The minimum absolute atomic E-state index is 0.200. The number of rotatable bonds is 5. The van der Waals surface area contributed by atoms with Crippen molar-refractivity contribution in [2.75, 3.05) is 0 Å². The third kappa shape index (κ3) is 2.26. The Balaban J connectivity index is 2.03. The number of benzene rings is 1. The highest BCUT2D eigenvalue weighted by atomic mass is 16.5. The highest BCUT2D eigenvalue weighted by molar-refractivity contribution is 5.79. The number of imidazole rings is 1. The second-order valence-corrected chi connectivity index (χ2v) is 4.73. The molecule has 0 bridgehead atoms. The van der Waals surface area contributed by atoms with Crippen molar-refractivity contribution in [3.8, 4) is 0 Å². The summed E-state index contributed by atoms with van der Waals surface area (Å²) in [7, 11) is 0. The predicted molar refractivity (Wildman–Crippen MR) is 73.9 cm³/mol. The molecule has 1 aromatic carbocycles. The lowest BCUT2D eigenvalue weighted by molar-refractivity contribution is 0.415. The topological polar surface area (TPSA) is 43.9 Å². The molecule has 1 atom stereocenters. The molecule has 0 spiro atoms. The molecule has 0 aliphatic heterocycles. The lowest BCUT2D eigenvalue weighted by Gasteiger charge is -2.15. The third-order valence-corrected chi connectivity index (χ3v) is 3.44. The van der Waals surface area contributed by atoms with E-state index in [0.29, 0.717) is 0 Å². The predicted octanol–water partition coefficient (Wildman–Crippen LogP) is 3.80. The van der Waals surface area contributed by atoms with Crippen LogP contribution in [-0.4, -0.2) is 14.7 Å². The molecule has 0 N–H and O–H groups in total. The van der Waals surface area contributed by atoms with Gasteiger partial charge in [0.25, 0.3) is 0 Å². The van der Waals surface area contributed by atoms with Gasteiger partial charge in [-0.1, -0.05) is 37.1 Å². The monoisotopic (exact) mass is 255 g/mol. The SMILES string of the molecule is CCCCC(c1noc2ccccc12)n1ccnc1. The highest BCUT2D eigenvalue weighted by Gasteiger charge is 2.19. The summed E-state index contributed by atoms with van der Waals surface area (Å²) in [4.78, 5) is 4.15. The van der Waals surface area contributed by atoms with Crippen molar-refractivity contribution in [3.63, 3.8) is 0 Å². The zero-order valence-electron chi connectivity index (χ0n) is 11.0. The summed E-state index contributed by atoms with van der Waals surface area (Å²) in [6.07, 6.45) is 9.02. The summed E-state index contributed by atoms with van der Waals surface area (Å²) in [6.45, 7) is 2.20. The second-order valence-electron chi connectivity index (χ2n) is 4.73. The van der Waals surface area contributed by atoms with Gasteiger partial charge in [-0.25, -0.2) is 4.98 Å². The van der Waals surface area contributed by atoms with Gasteiger partial charge in [0.2, 0.25) is 0 Å². The zero-order valence-corrected chi connectivity index (χ0v) is 11.0. The fraction of sp³-hybridized carbons (Fsp3) is 0.333. The summed E-state index contributed by atoms with van der Waals surface area (Å²) in [5.74, 6) is 0. The number of para-hydroxylation sites is 1. The number of nitrogens with zero attached hydrogens (tertiary/aromatic N) is 3. The molecular formula is C15H17N3O. The van der Waals surface area contributed by atoms with E-state index in [9.17, 15) is 0 Å². The zero-order chi connectivity index (χ0) is 13.1. The molecule has 0 amide bonds. The van der Waals surface area contributed by atoms with Crippen LogP contribution in [0.1, 0.15) is 37.9 Å². The molecule has 1 unspecified atom stereocenters.